The zero-order valence-corrected chi connectivity index (χ0v) is 5.84. The Balaban J connectivity index is 2.53. The van der Waals surface area contributed by atoms with Gasteiger partial charge < -0.3 is 15.4 Å². The van der Waals surface area contributed by atoms with Gasteiger partial charge in [0.25, 0.3) is 0 Å². The average molecular weight is 170 g/mol. The van der Waals surface area contributed by atoms with Crippen LogP contribution in [0.2, 0.25) is 0 Å². The highest BCUT2D eigenvalue weighted by Gasteiger charge is 2.24. The summed E-state index contributed by atoms with van der Waals surface area (Å²) in [6.07, 6.45) is -1.16. The predicted octanol–water partition coefficient (Wildman–Crippen LogP) is -1.17. The second-order valence-electron chi connectivity index (χ2n) is 2.37. The number of carbonyl (C=O) groups excluding carboxylic acids is 1. The van der Waals surface area contributed by atoms with Crippen LogP contribution in [-0.4, -0.2) is 21.1 Å². The van der Waals surface area contributed by atoms with Crippen molar-refractivity contribution >= 4 is 11.8 Å². The quantitative estimate of drug-likeness (QED) is 0.338. The summed E-state index contributed by atoms with van der Waals surface area (Å²) in [5.41, 5.74) is -0.234. The molecule has 7 nitrogen and oxygen atoms in total. The van der Waals surface area contributed by atoms with Gasteiger partial charge in [-0.3, -0.25) is 10.3 Å². The normalized spacial score (nSPS) is 21.1. The van der Waals surface area contributed by atoms with Gasteiger partial charge in [-0.2, -0.15) is 0 Å². The second-order valence-corrected chi connectivity index (χ2v) is 2.37. The van der Waals surface area contributed by atoms with Crippen LogP contribution in [0.3, 0.4) is 0 Å². The number of aliphatic hydroxyl groups is 1. The van der Waals surface area contributed by atoms with Crippen molar-refractivity contribution in [3.05, 3.63) is 16.2 Å². The number of H-pyrrole nitrogens is 2. The molecule has 1 aromatic rings. The number of carbonyl (C=O) groups is 1. The second kappa shape index (κ2) is 2.11. The number of urea groups is 1. The monoisotopic (exact) mass is 170 g/mol. The highest BCUT2D eigenvalue weighted by Crippen LogP contribution is 2.18. The van der Waals surface area contributed by atoms with Gasteiger partial charge in [0.1, 0.15) is 11.5 Å². The first-order chi connectivity index (χ1) is 5.66. The highest BCUT2D eigenvalue weighted by atomic mass is 16.3. The molecule has 5 N–H and O–H groups in total. The number of aliphatic hydroxyl groups excluding tert-OH is 1. The number of anilines is 1. The number of hydrogen-bond acceptors (Lipinski definition) is 3. The Morgan fingerprint density at radius 3 is 2.75 bits per heavy atom. The van der Waals surface area contributed by atoms with E-state index in [4.69, 9.17) is 0 Å². The molecule has 0 spiro atoms. The summed E-state index contributed by atoms with van der Waals surface area (Å²) in [4.78, 5) is 26.1. The Kier molecular flexibility index (Phi) is 1.22. The van der Waals surface area contributed by atoms with E-state index in [2.05, 4.69) is 20.6 Å². The van der Waals surface area contributed by atoms with E-state index in [1.807, 2.05) is 0 Å². The van der Waals surface area contributed by atoms with E-state index in [9.17, 15) is 14.7 Å². The zero-order valence-electron chi connectivity index (χ0n) is 5.84. The van der Waals surface area contributed by atoms with Crippen LogP contribution in [-0.2, 0) is 0 Å². The van der Waals surface area contributed by atoms with Crippen molar-refractivity contribution in [3.8, 4) is 0 Å². The van der Waals surface area contributed by atoms with Crippen LogP contribution in [0, 0.1) is 0 Å². The van der Waals surface area contributed by atoms with E-state index in [0.29, 0.717) is 0 Å². The number of fused-ring (bicyclic) bond motifs is 1. The number of hydrogen-bond donors (Lipinski definition) is 5. The van der Waals surface area contributed by atoms with Crippen molar-refractivity contribution in [1.82, 2.24) is 15.3 Å². The van der Waals surface area contributed by atoms with Gasteiger partial charge in [-0.05, 0) is 0 Å². The van der Waals surface area contributed by atoms with Crippen molar-refractivity contribution in [3.63, 3.8) is 0 Å². The molecule has 2 amide bonds. The minimum Gasteiger partial charge on any atom is -0.368 e. The number of imidazole rings is 1. The van der Waals surface area contributed by atoms with Gasteiger partial charge in [0.05, 0.1) is 0 Å². The lowest BCUT2D eigenvalue weighted by Gasteiger charge is -2.18. The molecule has 0 saturated heterocycles. The van der Waals surface area contributed by atoms with Gasteiger partial charge in [-0.1, -0.05) is 0 Å². The van der Waals surface area contributed by atoms with Crippen LogP contribution in [0.5, 0.6) is 0 Å². The van der Waals surface area contributed by atoms with Crippen LogP contribution in [0.25, 0.3) is 0 Å². The largest absolute Gasteiger partial charge is 0.368 e. The van der Waals surface area contributed by atoms with E-state index < -0.39 is 17.9 Å². The molecule has 0 saturated carbocycles. The van der Waals surface area contributed by atoms with E-state index >= 15 is 0 Å². The smallest absolute Gasteiger partial charge is 0.324 e. The van der Waals surface area contributed by atoms with Gasteiger partial charge in [-0.25, -0.2) is 9.59 Å². The fraction of sp³-hybridized carbons (Fsp3) is 0.200. The first-order valence-electron chi connectivity index (χ1n) is 3.24. The molecule has 0 aliphatic carbocycles. The molecule has 7 heteroatoms. The molecular formula is C5H6N4O3. The minimum absolute atomic E-state index is 0.205. The molecule has 1 aromatic heterocycles. The highest BCUT2D eigenvalue weighted by molar-refractivity contribution is 5.91. The van der Waals surface area contributed by atoms with Crippen molar-refractivity contribution < 1.29 is 9.90 Å². The Morgan fingerprint density at radius 2 is 2.00 bits per heavy atom. The maximum absolute atomic E-state index is 10.7. The van der Waals surface area contributed by atoms with Crippen LogP contribution < -0.4 is 16.3 Å². The number of aromatic amines is 2. The first-order valence-corrected chi connectivity index (χ1v) is 3.24. The van der Waals surface area contributed by atoms with Crippen molar-refractivity contribution in [2.75, 3.05) is 5.32 Å². The molecule has 2 rings (SSSR count). The molecule has 0 aromatic carbocycles. The summed E-state index contributed by atoms with van der Waals surface area (Å²) in [6.45, 7) is 0. The minimum atomic E-state index is -1.16. The molecule has 0 bridgehead atoms. The number of nitrogens with one attached hydrogen (secondary N) is 4. The molecule has 12 heavy (non-hydrogen) atoms. The molecule has 0 fully saturated rings. The number of amides is 2. The standard InChI is InChI=1S/C5H6N4O3/c10-3-1-2(7-4(11)6-1)8-5(12)9-3/h3,10H,(H2,6,7,11)(H2,8,9,12)/t3-/m0/s1. The number of rotatable bonds is 0. The maximum atomic E-state index is 10.7. The lowest BCUT2D eigenvalue weighted by atomic mass is 10.3. The zero-order chi connectivity index (χ0) is 8.72. The van der Waals surface area contributed by atoms with Gasteiger partial charge in [0.2, 0.25) is 0 Å². The molecule has 1 atom stereocenters. The Morgan fingerprint density at radius 1 is 1.25 bits per heavy atom. The fourth-order valence-corrected chi connectivity index (χ4v) is 1.05. The molecule has 0 unspecified atom stereocenters. The lowest BCUT2D eigenvalue weighted by molar-refractivity contribution is 0.140. The van der Waals surface area contributed by atoms with Crippen molar-refractivity contribution in [2.24, 2.45) is 0 Å². The van der Waals surface area contributed by atoms with Crippen LogP contribution in [0.1, 0.15) is 11.9 Å². The van der Waals surface area contributed by atoms with Crippen molar-refractivity contribution in [1.29, 1.82) is 0 Å². The van der Waals surface area contributed by atoms with Gasteiger partial charge in [-0.15, -0.1) is 0 Å². The topological polar surface area (TPSA) is 110 Å². The SMILES string of the molecule is O=C1Nc2[nH]c(=O)[nH]c2[C@H](O)N1. The summed E-state index contributed by atoms with van der Waals surface area (Å²) in [5.74, 6) is 0.205. The molecular weight excluding hydrogens is 164 g/mol. The van der Waals surface area contributed by atoms with Crippen LogP contribution in [0.15, 0.2) is 4.79 Å². The number of aromatic nitrogens is 2. The van der Waals surface area contributed by atoms with Crippen LogP contribution in [0.4, 0.5) is 10.6 Å². The lowest BCUT2D eigenvalue weighted by Crippen LogP contribution is -2.37. The fourth-order valence-electron chi connectivity index (χ4n) is 1.05. The first kappa shape index (κ1) is 6.92. The summed E-state index contributed by atoms with van der Waals surface area (Å²) in [7, 11) is 0. The van der Waals surface area contributed by atoms with Gasteiger partial charge >= 0.3 is 11.7 Å². The van der Waals surface area contributed by atoms with Gasteiger partial charge in [0.15, 0.2) is 6.23 Å². The van der Waals surface area contributed by atoms with E-state index in [0.717, 1.165) is 0 Å². The molecule has 2 heterocycles. The van der Waals surface area contributed by atoms with Crippen molar-refractivity contribution in [2.45, 2.75) is 6.23 Å². The Hall–Kier alpha value is -1.76. The third kappa shape index (κ3) is 0.873. The van der Waals surface area contributed by atoms with E-state index in [1.165, 1.54) is 0 Å². The van der Waals surface area contributed by atoms with E-state index in [1.54, 1.807) is 0 Å². The van der Waals surface area contributed by atoms with Gasteiger partial charge in [0, 0.05) is 0 Å². The molecule has 0 radical (unpaired) electrons. The molecule has 1 aliphatic rings. The summed E-state index contributed by atoms with van der Waals surface area (Å²) < 4.78 is 0. The maximum Gasteiger partial charge on any atom is 0.324 e. The predicted molar refractivity (Wildman–Crippen MR) is 38.5 cm³/mol. The summed E-state index contributed by atoms with van der Waals surface area (Å²) in [6, 6.07) is -0.551. The summed E-state index contributed by atoms with van der Waals surface area (Å²) >= 11 is 0. The van der Waals surface area contributed by atoms with Crippen LogP contribution >= 0.6 is 0 Å². The third-order valence-corrected chi connectivity index (χ3v) is 1.54. The Labute approximate surface area is 65.8 Å². The third-order valence-electron chi connectivity index (χ3n) is 1.54. The molecule has 64 valence electrons. The molecule has 1 aliphatic heterocycles. The van der Waals surface area contributed by atoms with E-state index in [-0.39, 0.29) is 11.5 Å². The summed E-state index contributed by atoms with van der Waals surface area (Å²) in [5, 5.41) is 13.7. The average Bonchev–Trinajstić information content (AvgIpc) is 2.29. The Bertz CT molecular complexity index is 378.